The van der Waals surface area contributed by atoms with Crippen molar-refractivity contribution in [3.05, 3.63) is 23.8 Å². The molecule has 0 saturated heterocycles. The van der Waals surface area contributed by atoms with Crippen molar-refractivity contribution in [3.63, 3.8) is 0 Å². The fourth-order valence-corrected chi connectivity index (χ4v) is 1.77. The SMILES string of the molecule is CC(C(=O)Nc1ccc(N)c(C(F)(F)F)c1)S(C)(=O)=O. The molecule has 112 valence electrons. The molecule has 1 aromatic rings. The first-order chi connectivity index (χ1) is 8.93. The predicted octanol–water partition coefficient (Wildman–Crippen LogP) is 1.66. The van der Waals surface area contributed by atoms with Crippen molar-refractivity contribution in [2.45, 2.75) is 18.3 Å². The number of hydrogen-bond acceptors (Lipinski definition) is 4. The van der Waals surface area contributed by atoms with Crippen LogP contribution in [-0.4, -0.2) is 25.8 Å². The molecule has 0 aliphatic rings. The third-order valence-corrected chi connectivity index (χ3v) is 4.14. The zero-order valence-corrected chi connectivity index (χ0v) is 11.5. The molecular formula is C11H13F3N2O3S. The number of anilines is 2. The van der Waals surface area contributed by atoms with Gasteiger partial charge in [-0.15, -0.1) is 0 Å². The van der Waals surface area contributed by atoms with E-state index in [1.165, 1.54) is 0 Å². The summed E-state index contributed by atoms with van der Waals surface area (Å²) in [6, 6.07) is 2.81. The van der Waals surface area contributed by atoms with E-state index in [1.807, 2.05) is 0 Å². The van der Waals surface area contributed by atoms with Gasteiger partial charge in [-0.1, -0.05) is 0 Å². The molecule has 5 nitrogen and oxygen atoms in total. The van der Waals surface area contributed by atoms with Gasteiger partial charge in [0, 0.05) is 17.6 Å². The Morgan fingerprint density at radius 1 is 1.35 bits per heavy atom. The van der Waals surface area contributed by atoms with Crippen LogP contribution < -0.4 is 11.1 Å². The van der Waals surface area contributed by atoms with E-state index in [1.54, 1.807) is 0 Å². The highest BCUT2D eigenvalue weighted by Gasteiger charge is 2.33. The molecule has 0 spiro atoms. The number of nitrogens with one attached hydrogen (secondary N) is 1. The number of nitrogens with two attached hydrogens (primary N) is 1. The van der Waals surface area contributed by atoms with Gasteiger partial charge >= 0.3 is 6.18 Å². The summed E-state index contributed by atoms with van der Waals surface area (Å²) in [4.78, 5) is 11.6. The van der Waals surface area contributed by atoms with Crippen molar-refractivity contribution in [2.75, 3.05) is 17.3 Å². The molecule has 0 heterocycles. The van der Waals surface area contributed by atoms with Crippen molar-refractivity contribution in [2.24, 2.45) is 0 Å². The van der Waals surface area contributed by atoms with Crippen LogP contribution in [0.2, 0.25) is 0 Å². The molecule has 1 amide bonds. The van der Waals surface area contributed by atoms with Gasteiger partial charge in [-0.2, -0.15) is 13.2 Å². The number of carbonyl (C=O) groups excluding carboxylic acids is 1. The fraction of sp³-hybridized carbons (Fsp3) is 0.364. The Kier molecular flexibility index (Phi) is 4.33. The molecule has 3 N–H and O–H groups in total. The second kappa shape index (κ2) is 5.31. The molecule has 9 heteroatoms. The van der Waals surface area contributed by atoms with E-state index in [4.69, 9.17) is 5.73 Å². The minimum absolute atomic E-state index is 0.174. The van der Waals surface area contributed by atoms with Crippen LogP contribution in [0.25, 0.3) is 0 Å². The van der Waals surface area contributed by atoms with E-state index in [2.05, 4.69) is 5.32 Å². The summed E-state index contributed by atoms with van der Waals surface area (Å²) in [5.74, 6) is -0.912. The Labute approximate surface area is 113 Å². The van der Waals surface area contributed by atoms with Gasteiger partial charge in [-0.25, -0.2) is 8.42 Å². The van der Waals surface area contributed by atoms with Gasteiger partial charge in [0.15, 0.2) is 9.84 Å². The summed E-state index contributed by atoms with van der Waals surface area (Å²) in [6.07, 6.45) is -3.80. The molecule has 1 rings (SSSR count). The Balaban J connectivity index is 3.04. The number of halogens is 3. The highest BCUT2D eigenvalue weighted by Crippen LogP contribution is 2.35. The average Bonchev–Trinajstić information content (AvgIpc) is 2.27. The van der Waals surface area contributed by atoms with Gasteiger partial charge in [-0.05, 0) is 25.1 Å². The lowest BCUT2D eigenvalue weighted by molar-refractivity contribution is -0.136. The topological polar surface area (TPSA) is 89.3 Å². The second-order valence-corrected chi connectivity index (χ2v) is 6.63. The van der Waals surface area contributed by atoms with Crippen molar-refractivity contribution in [1.82, 2.24) is 0 Å². The summed E-state index contributed by atoms with van der Waals surface area (Å²) in [6.45, 7) is 1.15. The quantitative estimate of drug-likeness (QED) is 0.831. The number of hydrogen-bond donors (Lipinski definition) is 2. The van der Waals surface area contributed by atoms with Crippen molar-refractivity contribution in [1.29, 1.82) is 0 Å². The second-order valence-electron chi connectivity index (χ2n) is 4.26. The zero-order valence-electron chi connectivity index (χ0n) is 10.7. The monoisotopic (exact) mass is 310 g/mol. The van der Waals surface area contributed by atoms with Crippen LogP contribution in [0.5, 0.6) is 0 Å². The number of sulfone groups is 1. The summed E-state index contributed by atoms with van der Waals surface area (Å²) in [5, 5.41) is 0.748. The first-order valence-corrected chi connectivity index (χ1v) is 7.35. The van der Waals surface area contributed by atoms with Gasteiger partial charge < -0.3 is 11.1 Å². The number of nitrogen functional groups attached to an aromatic ring is 1. The third-order valence-electron chi connectivity index (χ3n) is 2.64. The van der Waals surface area contributed by atoms with E-state index in [9.17, 15) is 26.4 Å². The lowest BCUT2D eigenvalue weighted by Gasteiger charge is -2.14. The van der Waals surface area contributed by atoms with Gasteiger partial charge in [0.2, 0.25) is 5.91 Å². The highest BCUT2D eigenvalue weighted by atomic mass is 32.2. The molecule has 0 aliphatic carbocycles. The van der Waals surface area contributed by atoms with E-state index in [0.717, 1.165) is 25.3 Å². The van der Waals surface area contributed by atoms with Gasteiger partial charge in [0.1, 0.15) is 5.25 Å². The molecular weight excluding hydrogens is 297 g/mol. The average molecular weight is 310 g/mol. The Morgan fingerprint density at radius 3 is 2.35 bits per heavy atom. The summed E-state index contributed by atoms with van der Waals surface area (Å²) >= 11 is 0. The predicted molar refractivity (Wildman–Crippen MR) is 68.8 cm³/mol. The van der Waals surface area contributed by atoms with Crippen LogP contribution in [0, 0.1) is 0 Å². The maximum atomic E-state index is 12.6. The summed E-state index contributed by atoms with van der Waals surface area (Å²) in [5.41, 5.74) is 3.46. The molecule has 0 radical (unpaired) electrons. The highest BCUT2D eigenvalue weighted by molar-refractivity contribution is 7.92. The minimum Gasteiger partial charge on any atom is -0.398 e. The number of benzene rings is 1. The maximum Gasteiger partial charge on any atom is 0.418 e. The largest absolute Gasteiger partial charge is 0.418 e. The van der Waals surface area contributed by atoms with Gasteiger partial charge in [0.25, 0.3) is 0 Å². The van der Waals surface area contributed by atoms with Crippen molar-refractivity contribution >= 4 is 27.1 Å². The fourth-order valence-electron chi connectivity index (χ4n) is 1.32. The minimum atomic E-state index is -4.66. The molecule has 20 heavy (non-hydrogen) atoms. The van der Waals surface area contributed by atoms with Crippen molar-refractivity contribution in [3.8, 4) is 0 Å². The first-order valence-electron chi connectivity index (χ1n) is 5.39. The molecule has 1 atom stereocenters. The third kappa shape index (κ3) is 3.86. The maximum absolute atomic E-state index is 12.6. The van der Waals surface area contributed by atoms with E-state index in [0.29, 0.717) is 6.07 Å². The smallest absolute Gasteiger partial charge is 0.398 e. The molecule has 1 aromatic carbocycles. The Bertz CT molecular complexity index is 626. The molecule has 0 aromatic heterocycles. The molecule has 0 bridgehead atoms. The van der Waals surface area contributed by atoms with E-state index >= 15 is 0 Å². The van der Waals surface area contributed by atoms with Crippen LogP contribution in [-0.2, 0) is 20.8 Å². The summed E-state index contributed by atoms with van der Waals surface area (Å²) in [7, 11) is -3.63. The van der Waals surface area contributed by atoms with E-state index < -0.39 is 38.4 Å². The van der Waals surface area contributed by atoms with Crippen LogP contribution in [0.4, 0.5) is 24.5 Å². The molecule has 0 saturated carbocycles. The van der Waals surface area contributed by atoms with Crippen LogP contribution in [0.15, 0.2) is 18.2 Å². The van der Waals surface area contributed by atoms with Crippen LogP contribution >= 0.6 is 0 Å². The standard InChI is InChI=1S/C11H13F3N2O3S/c1-6(20(2,18)19)10(17)16-7-3-4-9(15)8(5-7)11(12,13)14/h3-6H,15H2,1-2H3,(H,16,17). The molecule has 0 fully saturated rings. The number of amides is 1. The number of rotatable bonds is 3. The van der Waals surface area contributed by atoms with E-state index in [-0.39, 0.29) is 5.69 Å². The Hall–Kier alpha value is -1.77. The lowest BCUT2D eigenvalue weighted by atomic mass is 10.1. The molecule has 1 unspecified atom stereocenters. The Morgan fingerprint density at radius 2 is 1.90 bits per heavy atom. The van der Waals surface area contributed by atoms with Crippen molar-refractivity contribution < 1.29 is 26.4 Å². The number of carbonyl (C=O) groups is 1. The zero-order chi connectivity index (χ0) is 15.7. The normalized spacial score (nSPS) is 13.8. The number of alkyl halides is 3. The van der Waals surface area contributed by atoms with Gasteiger partial charge in [0.05, 0.1) is 5.56 Å². The summed E-state index contributed by atoms with van der Waals surface area (Å²) < 4.78 is 60.2. The molecule has 0 aliphatic heterocycles. The first kappa shape index (κ1) is 16.3. The van der Waals surface area contributed by atoms with Gasteiger partial charge in [-0.3, -0.25) is 4.79 Å². The lowest BCUT2D eigenvalue weighted by Crippen LogP contribution is -2.31. The van der Waals surface area contributed by atoms with Crippen LogP contribution in [0.3, 0.4) is 0 Å². The van der Waals surface area contributed by atoms with Crippen LogP contribution in [0.1, 0.15) is 12.5 Å².